The number of anilines is 1. The van der Waals surface area contributed by atoms with E-state index in [4.69, 9.17) is 39.5 Å². The minimum Gasteiger partial charge on any atom is -0.465 e. The molecule has 0 aliphatic heterocycles. The molecule has 0 heterocycles. The fourth-order valence-electron chi connectivity index (χ4n) is 4.06. The maximum atomic E-state index is 13.5. The third-order valence-corrected chi connectivity index (χ3v) is 9.05. The summed E-state index contributed by atoms with van der Waals surface area (Å²) in [5, 5.41) is 3.73. The van der Waals surface area contributed by atoms with Gasteiger partial charge in [-0.25, -0.2) is 8.42 Å². The van der Waals surface area contributed by atoms with Gasteiger partial charge in [0.25, 0.3) is 0 Å². The number of esters is 1. The summed E-state index contributed by atoms with van der Waals surface area (Å²) in [4.78, 5) is 25.3. The maximum absolute atomic E-state index is 13.5. The maximum Gasteiger partial charge on any atom is 0.316 e. The lowest BCUT2D eigenvalue weighted by molar-refractivity contribution is -0.146. The molecule has 3 aromatic rings. The average Bonchev–Trinajstić information content (AvgIpc) is 3.69. The Morgan fingerprint density at radius 1 is 0.947 bits per heavy atom. The number of hydrogen-bond donors (Lipinski definition) is 1. The van der Waals surface area contributed by atoms with E-state index in [1.54, 1.807) is 49.4 Å². The summed E-state index contributed by atoms with van der Waals surface area (Å²) in [6.07, 6.45) is 1.42. The molecule has 11 heteroatoms. The minimum absolute atomic E-state index is 0.00666. The van der Waals surface area contributed by atoms with Crippen molar-refractivity contribution in [1.29, 1.82) is 0 Å². The average molecular weight is 596 g/mol. The Morgan fingerprint density at radius 2 is 1.61 bits per heavy atom. The van der Waals surface area contributed by atoms with Gasteiger partial charge in [0.15, 0.2) is 0 Å². The van der Waals surface area contributed by atoms with Gasteiger partial charge < -0.3 is 10.1 Å². The lowest BCUT2D eigenvalue weighted by Crippen LogP contribution is -2.37. The number of sulfonamides is 1. The summed E-state index contributed by atoms with van der Waals surface area (Å²) < 4.78 is 33.2. The molecule has 1 fully saturated rings. The van der Waals surface area contributed by atoms with Crippen LogP contribution >= 0.6 is 34.8 Å². The Morgan fingerprint density at radius 3 is 2.18 bits per heavy atom. The van der Waals surface area contributed by atoms with Crippen LogP contribution in [0.15, 0.2) is 71.6 Å². The highest BCUT2D eigenvalue weighted by Gasteiger charge is 2.52. The number of nitrogens with one attached hydrogen (secondary N) is 1. The summed E-state index contributed by atoms with van der Waals surface area (Å²) >= 11 is 18.1. The third kappa shape index (κ3) is 6.33. The van der Waals surface area contributed by atoms with Crippen molar-refractivity contribution < 1.29 is 22.7 Å². The van der Waals surface area contributed by atoms with Crippen molar-refractivity contribution in [2.24, 2.45) is 0 Å². The highest BCUT2D eigenvalue weighted by atomic mass is 35.5. The molecule has 1 N–H and O–H groups in total. The normalized spacial score (nSPS) is 14.2. The van der Waals surface area contributed by atoms with Crippen molar-refractivity contribution in [3.05, 3.63) is 92.9 Å². The quantitative estimate of drug-likeness (QED) is 0.287. The molecular weight excluding hydrogens is 571 g/mol. The highest BCUT2D eigenvalue weighted by molar-refractivity contribution is 7.89. The second kappa shape index (κ2) is 11.6. The lowest BCUT2D eigenvalue weighted by Gasteiger charge is -2.22. The zero-order chi connectivity index (χ0) is 27.5. The fraction of sp³-hybridized carbons (Fsp3) is 0.259. The van der Waals surface area contributed by atoms with E-state index in [-0.39, 0.29) is 22.4 Å². The molecule has 0 aromatic heterocycles. The number of ether oxygens (including phenoxy) is 1. The summed E-state index contributed by atoms with van der Waals surface area (Å²) in [6.45, 7) is 1.51. The molecule has 1 aliphatic carbocycles. The van der Waals surface area contributed by atoms with Crippen LogP contribution in [0.4, 0.5) is 5.69 Å². The SMILES string of the molecule is CCOC(=O)C1(c2ccc(NC(=O)CN(Cc3ccc(Cl)c(Cl)c3)S(=O)(=O)c3ccc(Cl)cc3)cc2)CC1. The van der Waals surface area contributed by atoms with Crippen LogP contribution < -0.4 is 5.32 Å². The van der Waals surface area contributed by atoms with E-state index in [1.807, 2.05) is 0 Å². The molecule has 0 unspecified atom stereocenters. The smallest absolute Gasteiger partial charge is 0.316 e. The van der Waals surface area contributed by atoms with Crippen molar-refractivity contribution in [3.8, 4) is 0 Å². The summed E-state index contributed by atoms with van der Waals surface area (Å²) in [5.41, 5.74) is 1.22. The molecule has 1 amide bonds. The van der Waals surface area contributed by atoms with E-state index in [1.165, 1.54) is 24.3 Å². The highest BCUT2D eigenvalue weighted by Crippen LogP contribution is 2.49. The van der Waals surface area contributed by atoms with E-state index in [0.717, 1.165) is 9.87 Å². The van der Waals surface area contributed by atoms with Crippen LogP contribution in [0.2, 0.25) is 15.1 Å². The molecule has 0 saturated heterocycles. The van der Waals surface area contributed by atoms with Gasteiger partial charge in [-0.05, 0) is 79.4 Å². The van der Waals surface area contributed by atoms with Gasteiger partial charge in [0, 0.05) is 17.3 Å². The van der Waals surface area contributed by atoms with E-state index < -0.39 is 27.9 Å². The fourth-order valence-corrected chi connectivity index (χ4v) is 5.89. The van der Waals surface area contributed by atoms with E-state index in [0.29, 0.717) is 40.7 Å². The molecular formula is C27H25Cl3N2O5S. The van der Waals surface area contributed by atoms with Crippen molar-refractivity contribution in [2.75, 3.05) is 18.5 Å². The number of rotatable bonds is 10. The van der Waals surface area contributed by atoms with Gasteiger partial charge in [-0.1, -0.05) is 53.0 Å². The van der Waals surface area contributed by atoms with Gasteiger partial charge in [-0.3, -0.25) is 9.59 Å². The van der Waals surface area contributed by atoms with E-state index in [9.17, 15) is 18.0 Å². The van der Waals surface area contributed by atoms with Crippen LogP contribution in [0.1, 0.15) is 30.9 Å². The predicted octanol–water partition coefficient (Wildman–Crippen LogP) is 6.07. The Kier molecular flexibility index (Phi) is 8.69. The number of halogens is 3. The first-order valence-corrected chi connectivity index (χ1v) is 14.4. The Labute approximate surface area is 236 Å². The Balaban J connectivity index is 1.53. The zero-order valence-electron chi connectivity index (χ0n) is 20.4. The zero-order valence-corrected chi connectivity index (χ0v) is 23.5. The molecule has 200 valence electrons. The van der Waals surface area contributed by atoms with Gasteiger partial charge in [0.2, 0.25) is 15.9 Å². The Hall–Kier alpha value is -2.62. The minimum atomic E-state index is -4.07. The number of nitrogens with zero attached hydrogens (tertiary/aromatic N) is 1. The number of hydrogen-bond acceptors (Lipinski definition) is 5. The van der Waals surface area contributed by atoms with Crippen LogP contribution in [0.25, 0.3) is 0 Å². The van der Waals surface area contributed by atoms with Crippen LogP contribution in [-0.2, 0) is 36.3 Å². The monoisotopic (exact) mass is 594 g/mol. The second-order valence-electron chi connectivity index (χ2n) is 8.90. The number of carbonyl (C=O) groups is 2. The summed E-state index contributed by atoms with van der Waals surface area (Å²) in [7, 11) is -4.07. The van der Waals surface area contributed by atoms with Crippen LogP contribution in [0, 0.1) is 0 Å². The first-order chi connectivity index (χ1) is 18.0. The van der Waals surface area contributed by atoms with Gasteiger partial charge in [0.1, 0.15) is 0 Å². The standard InChI is InChI=1S/C27H25Cl3N2O5S/c1-2-37-26(34)27(13-14-27)19-4-8-21(9-5-19)31-25(33)17-32(16-18-3-12-23(29)24(30)15-18)38(35,36)22-10-6-20(28)7-11-22/h3-12,15H,2,13-14,16-17H2,1H3,(H,31,33). The molecule has 0 bridgehead atoms. The molecule has 0 spiro atoms. The van der Waals surface area contributed by atoms with Crippen molar-refractivity contribution in [2.45, 2.75) is 36.6 Å². The van der Waals surface area contributed by atoms with E-state index in [2.05, 4.69) is 5.32 Å². The first kappa shape index (κ1) is 28.4. The lowest BCUT2D eigenvalue weighted by atomic mass is 9.96. The number of benzene rings is 3. The predicted molar refractivity (Wildman–Crippen MR) is 148 cm³/mol. The van der Waals surface area contributed by atoms with Crippen LogP contribution in [-0.4, -0.2) is 37.8 Å². The van der Waals surface area contributed by atoms with Gasteiger partial charge in [-0.15, -0.1) is 0 Å². The first-order valence-electron chi connectivity index (χ1n) is 11.8. The van der Waals surface area contributed by atoms with Gasteiger partial charge in [0.05, 0.1) is 33.5 Å². The Bertz CT molecular complexity index is 1440. The summed E-state index contributed by atoms with van der Waals surface area (Å²) in [5.74, 6) is -0.788. The number of carbonyl (C=O) groups excluding carboxylic acids is 2. The largest absolute Gasteiger partial charge is 0.465 e. The number of amides is 1. The van der Waals surface area contributed by atoms with Crippen LogP contribution in [0.3, 0.4) is 0 Å². The van der Waals surface area contributed by atoms with Crippen LogP contribution in [0.5, 0.6) is 0 Å². The van der Waals surface area contributed by atoms with Gasteiger partial charge >= 0.3 is 5.97 Å². The molecule has 1 saturated carbocycles. The molecule has 7 nitrogen and oxygen atoms in total. The molecule has 38 heavy (non-hydrogen) atoms. The molecule has 0 radical (unpaired) electrons. The van der Waals surface area contributed by atoms with Gasteiger partial charge in [-0.2, -0.15) is 4.31 Å². The van der Waals surface area contributed by atoms with E-state index >= 15 is 0 Å². The second-order valence-corrected chi connectivity index (χ2v) is 12.1. The van der Waals surface area contributed by atoms with Crippen molar-refractivity contribution >= 4 is 62.4 Å². The van der Waals surface area contributed by atoms with Crippen molar-refractivity contribution in [1.82, 2.24) is 4.31 Å². The topological polar surface area (TPSA) is 92.8 Å². The molecule has 4 rings (SSSR count). The molecule has 3 aromatic carbocycles. The molecule has 0 atom stereocenters. The third-order valence-electron chi connectivity index (χ3n) is 6.25. The molecule has 1 aliphatic rings. The van der Waals surface area contributed by atoms with Crippen molar-refractivity contribution in [3.63, 3.8) is 0 Å². The summed E-state index contributed by atoms with van der Waals surface area (Å²) in [6, 6.07) is 17.4.